The van der Waals surface area contributed by atoms with Crippen molar-refractivity contribution in [2.45, 2.75) is 19.8 Å². The third-order valence-corrected chi connectivity index (χ3v) is 2.47. The first-order valence-corrected chi connectivity index (χ1v) is 4.82. The summed E-state index contributed by atoms with van der Waals surface area (Å²) in [7, 11) is 1.81. The van der Waals surface area contributed by atoms with E-state index in [1.54, 1.807) is 4.57 Å². The molecule has 0 bridgehead atoms. The van der Waals surface area contributed by atoms with Crippen LogP contribution in [0.3, 0.4) is 0 Å². The first-order valence-electron chi connectivity index (χ1n) is 4.82. The highest BCUT2D eigenvalue weighted by molar-refractivity contribution is 5.76. The van der Waals surface area contributed by atoms with Crippen molar-refractivity contribution in [2.24, 2.45) is 7.05 Å². The topological polar surface area (TPSA) is 17.8 Å². The van der Waals surface area contributed by atoms with E-state index in [1.165, 1.54) is 6.07 Å². The van der Waals surface area contributed by atoms with Gasteiger partial charge < -0.3 is 4.57 Å². The van der Waals surface area contributed by atoms with Crippen LogP contribution >= 0.6 is 0 Å². The van der Waals surface area contributed by atoms with E-state index in [9.17, 15) is 8.78 Å². The summed E-state index contributed by atoms with van der Waals surface area (Å²) in [5.74, 6) is -0.625. The quantitative estimate of drug-likeness (QED) is 0.707. The van der Waals surface area contributed by atoms with Gasteiger partial charge in [0.25, 0.3) is 0 Å². The molecule has 0 unspecified atom stereocenters. The maximum absolute atomic E-state index is 13.0. The summed E-state index contributed by atoms with van der Waals surface area (Å²) in [5, 5.41) is 0. The van der Waals surface area contributed by atoms with Crippen LogP contribution < -0.4 is 0 Å². The summed E-state index contributed by atoms with van der Waals surface area (Å²) >= 11 is 0. The van der Waals surface area contributed by atoms with E-state index in [0.29, 0.717) is 11.0 Å². The fourth-order valence-corrected chi connectivity index (χ4v) is 1.72. The normalized spacial score (nSPS) is 11.6. The molecule has 2 rings (SSSR count). The Kier molecular flexibility index (Phi) is 2.21. The molecule has 15 heavy (non-hydrogen) atoms. The highest BCUT2D eigenvalue weighted by Crippen LogP contribution is 2.22. The van der Waals surface area contributed by atoms with Gasteiger partial charge in [-0.3, -0.25) is 0 Å². The van der Waals surface area contributed by atoms with Gasteiger partial charge >= 0.3 is 0 Å². The Balaban J connectivity index is 2.77. The first kappa shape index (κ1) is 10.1. The van der Waals surface area contributed by atoms with E-state index in [4.69, 9.17) is 0 Å². The van der Waals surface area contributed by atoms with Crippen molar-refractivity contribution >= 4 is 11.0 Å². The molecule has 0 aliphatic carbocycles. The van der Waals surface area contributed by atoms with Crippen molar-refractivity contribution < 1.29 is 8.78 Å². The van der Waals surface area contributed by atoms with Gasteiger partial charge in [0.15, 0.2) is 11.6 Å². The lowest BCUT2D eigenvalue weighted by atomic mass is 10.2. The maximum atomic E-state index is 13.0. The Bertz CT molecular complexity index is 515. The molecular formula is C11H12F2N2. The molecule has 1 aromatic heterocycles. The molecule has 0 saturated carbocycles. The van der Waals surface area contributed by atoms with Crippen molar-refractivity contribution in [2.75, 3.05) is 0 Å². The van der Waals surface area contributed by atoms with Crippen LogP contribution in [0.15, 0.2) is 12.1 Å². The fourth-order valence-electron chi connectivity index (χ4n) is 1.72. The van der Waals surface area contributed by atoms with Crippen LogP contribution in [0.25, 0.3) is 11.0 Å². The van der Waals surface area contributed by atoms with Gasteiger partial charge in [0, 0.05) is 25.1 Å². The van der Waals surface area contributed by atoms with Gasteiger partial charge in [0.1, 0.15) is 5.82 Å². The minimum Gasteiger partial charge on any atom is -0.331 e. The lowest BCUT2D eigenvalue weighted by molar-refractivity contribution is 0.510. The van der Waals surface area contributed by atoms with Gasteiger partial charge in [0.05, 0.1) is 11.0 Å². The van der Waals surface area contributed by atoms with Crippen molar-refractivity contribution in [3.8, 4) is 0 Å². The second kappa shape index (κ2) is 3.29. The number of rotatable bonds is 1. The number of aromatic nitrogens is 2. The van der Waals surface area contributed by atoms with Gasteiger partial charge in [-0.2, -0.15) is 0 Å². The highest BCUT2D eigenvalue weighted by atomic mass is 19.2. The van der Waals surface area contributed by atoms with Crippen LogP contribution in [0, 0.1) is 11.6 Å². The third-order valence-electron chi connectivity index (χ3n) is 2.47. The molecular weight excluding hydrogens is 198 g/mol. The lowest BCUT2D eigenvalue weighted by Gasteiger charge is -2.04. The first-order chi connectivity index (χ1) is 7.00. The summed E-state index contributed by atoms with van der Waals surface area (Å²) in [4.78, 5) is 4.27. The van der Waals surface area contributed by atoms with E-state index in [-0.39, 0.29) is 5.92 Å². The van der Waals surface area contributed by atoms with Crippen LogP contribution in [0.1, 0.15) is 25.6 Å². The maximum Gasteiger partial charge on any atom is 0.161 e. The smallest absolute Gasteiger partial charge is 0.161 e. The second-order valence-electron chi connectivity index (χ2n) is 3.94. The van der Waals surface area contributed by atoms with Gasteiger partial charge in [0.2, 0.25) is 0 Å². The monoisotopic (exact) mass is 210 g/mol. The molecule has 2 aromatic rings. The number of hydrogen-bond acceptors (Lipinski definition) is 1. The van der Waals surface area contributed by atoms with E-state index < -0.39 is 11.6 Å². The average molecular weight is 210 g/mol. The van der Waals surface area contributed by atoms with Gasteiger partial charge in [-0.15, -0.1) is 0 Å². The summed E-state index contributed by atoms with van der Waals surface area (Å²) in [5.41, 5.74) is 1.12. The summed E-state index contributed by atoms with van der Waals surface area (Å²) in [6.45, 7) is 3.99. The molecule has 0 aliphatic rings. The Morgan fingerprint density at radius 1 is 1.20 bits per heavy atom. The number of nitrogens with zero attached hydrogens (tertiary/aromatic N) is 2. The molecule has 0 N–H and O–H groups in total. The zero-order valence-corrected chi connectivity index (χ0v) is 8.88. The fraction of sp³-hybridized carbons (Fsp3) is 0.364. The van der Waals surface area contributed by atoms with Crippen LogP contribution in [-0.2, 0) is 7.05 Å². The molecule has 0 amide bonds. The van der Waals surface area contributed by atoms with Crippen LogP contribution in [0.2, 0.25) is 0 Å². The van der Waals surface area contributed by atoms with Gasteiger partial charge in [-0.1, -0.05) is 13.8 Å². The largest absolute Gasteiger partial charge is 0.331 e. The molecule has 0 radical (unpaired) electrons. The number of benzene rings is 1. The Morgan fingerprint density at radius 3 is 2.40 bits per heavy atom. The van der Waals surface area contributed by atoms with E-state index in [1.807, 2.05) is 20.9 Å². The average Bonchev–Trinajstić information content (AvgIpc) is 2.46. The van der Waals surface area contributed by atoms with E-state index in [0.717, 1.165) is 11.9 Å². The van der Waals surface area contributed by atoms with Crippen molar-refractivity contribution in [3.05, 3.63) is 29.6 Å². The summed E-state index contributed by atoms with van der Waals surface area (Å²) < 4.78 is 27.8. The number of fused-ring (bicyclic) bond motifs is 1. The van der Waals surface area contributed by atoms with Crippen LogP contribution in [0.5, 0.6) is 0 Å². The lowest BCUT2D eigenvalue weighted by Crippen LogP contribution is -1.99. The third kappa shape index (κ3) is 1.50. The Labute approximate surface area is 86.5 Å². The molecule has 2 nitrogen and oxygen atoms in total. The van der Waals surface area contributed by atoms with Crippen LogP contribution in [-0.4, -0.2) is 9.55 Å². The molecule has 0 fully saturated rings. The molecule has 0 saturated heterocycles. The molecule has 80 valence electrons. The standard InChI is InChI=1S/C11H12F2N2/c1-6(2)11-14-9-4-7(12)8(13)5-10(9)15(11)3/h4-6H,1-3H3. The predicted molar refractivity (Wildman–Crippen MR) is 54.7 cm³/mol. The van der Waals surface area contributed by atoms with E-state index >= 15 is 0 Å². The predicted octanol–water partition coefficient (Wildman–Crippen LogP) is 2.97. The van der Waals surface area contributed by atoms with Crippen LogP contribution in [0.4, 0.5) is 8.78 Å². The highest BCUT2D eigenvalue weighted by Gasteiger charge is 2.13. The van der Waals surface area contributed by atoms with Gasteiger partial charge in [-0.05, 0) is 0 Å². The molecule has 4 heteroatoms. The zero-order valence-electron chi connectivity index (χ0n) is 8.88. The minimum absolute atomic E-state index is 0.230. The molecule has 0 atom stereocenters. The Hall–Kier alpha value is -1.45. The molecule has 0 spiro atoms. The van der Waals surface area contributed by atoms with E-state index in [2.05, 4.69) is 4.98 Å². The number of imidazole rings is 1. The SMILES string of the molecule is CC(C)c1nc2cc(F)c(F)cc2n1C. The molecule has 1 aromatic carbocycles. The molecule has 0 aliphatic heterocycles. The second-order valence-corrected chi connectivity index (χ2v) is 3.94. The van der Waals surface area contributed by atoms with Crippen molar-refractivity contribution in [1.29, 1.82) is 0 Å². The summed E-state index contributed by atoms with van der Waals surface area (Å²) in [6.07, 6.45) is 0. The van der Waals surface area contributed by atoms with Gasteiger partial charge in [-0.25, -0.2) is 13.8 Å². The summed E-state index contributed by atoms with van der Waals surface area (Å²) in [6, 6.07) is 2.32. The van der Waals surface area contributed by atoms with Crippen molar-refractivity contribution in [1.82, 2.24) is 9.55 Å². The number of hydrogen-bond donors (Lipinski definition) is 0. The number of aryl methyl sites for hydroxylation is 1. The minimum atomic E-state index is -0.851. The zero-order chi connectivity index (χ0) is 11.2. The van der Waals surface area contributed by atoms with Crippen molar-refractivity contribution in [3.63, 3.8) is 0 Å². The molecule has 1 heterocycles. The Morgan fingerprint density at radius 2 is 1.80 bits per heavy atom. The number of halogens is 2.